The van der Waals surface area contributed by atoms with E-state index in [-0.39, 0.29) is 49.4 Å². The van der Waals surface area contributed by atoms with Crippen LogP contribution in [0.15, 0.2) is 203 Å². The summed E-state index contributed by atoms with van der Waals surface area (Å²) in [5, 5.41) is 12.7. The number of aliphatic carboxylic acids is 1. The second-order valence-corrected chi connectivity index (χ2v) is 18.0. The molecule has 4 N–H and O–H groups in total. The van der Waals surface area contributed by atoms with Crippen LogP contribution in [-0.2, 0) is 19.1 Å². The number of nitrogens with one attached hydrogen (secondary N) is 1. The zero-order valence-electron chi connectivity index (χ0n) is 43.7. The molecule has 2 heterocycles. The number of likely N-dealkylation sites (N-methyl/N-ethyl adjacent to an activating group) is 2. The van der Waals surface area contributed by atoms with E-state index in [1.807, 2.05) is 145 Å². The third-order valence-corrected chi connectivity index (χ3v) is 12.5. The number of carbonyl (C=O) groups is 4. The first-order chi connectivity index (χ1) is 38.2. The van der Waals surface area contributed by atoms with Gasteiger partial charge in [0.15, 0.2) is 0 Å². The molecule has 0 aliphatic heterocycles. The fourth-order valence-corrected chi connectivity index (χ4v) is 8.71. The summed E-state index contributed by atoms with van der Waals surface area (Å²) >= 11 is 0. The topological polar surface area (TPSA) is 178 Å². The Labute approximate surface area is 455 Å². The molecule has 8 aromatic carbocycles. The van der Waals surface area contributed by atoms with Crippen molar-refractivity contribution in [2.24, 2.45) is 0 Å². The van der Waals surface area contributed by atoms with E-state index < -0.39 is 23.7 Å². The van der Waals surface area contributed by atoms with Crippen LogP contribution in [0.5, 0.6) is 0 Å². The van der Waals surface area contributed by atoms with E-state index in [1.165, 1.54) is 24.3 Å². The Balaban J connectivity index is 0.000000178. The Hall–Kier alpha value is -10.0. The number of rotatable bonds is 15. The highest BCUT2D eigenvalue weighted by Gasteiger charge is 2.27. The van der Waals surface area contributed by atoms with E-state index in [9.17, 15) is 28.0 Å². The average Bonchev–Trinajstić information content (AvgIpc) is 4.27. The van der Waals surface area contributed by atoms with Gasteiger partial charge in [-0.1, -0.05) is 97.1 Å². The monoisotopic (exact) mass is 1060 g/mol. The molecule has 0 aliphatic rings. The number of para-hydroxylation sites is 2. The van der Waals surface area contributed by atoms with Crippen LogP contribution < -0.4 is 20.9 Å². The number of anilines is 4. The number of nitrogens with zero attached hydrogens (tertiary/aromatic N) is 2. The molecule has 0 saturated heterocycles. The van der Waals surface area contributed by atoms with Gasteiger partial charge >= 0.3 is 17.9 Å². The van der Waals surface area contributed by atoms with Gasteiger partial charge in [0, 0.05) is 76.3 Å². The van der Waals surface area contributed by atoms with Gasteiger partial charge < -0.3 is 44.3 Å². The van der Waals surface area contributed by atoms with Crippen molar-refractivity contribution in [3.05, 3.63) is 217 Å². The van der Waals surface area contributed by atoms with Crippen LogP contribution >= 0.6 is 0 Å². The lowest BCUT2D eigenvalue weighted by Gasteiger charge is -2.19. The molecule has 79 heavy (non-hydrogen) atoms. The first-order valence-corrected chi connectivity index (χ1v) is 25.2. The van der Waals surface area contributed by atoms with Gasteiger partial charge in [0.05, 0.1) is 25.4 Å². The third-order valence-electron chi connectivity index (χ3n) is 12.5. The minimum Gasteiger partial charge on any atom is -0.480 e. The number of halogens is 2. The lowest BCUT2D eigenvalue weighted by molar-refractivity contribution is -0.135. The molecule has 1 amide bonds. The van der Waals surface area contributed by atoms with Gasteiger partial charge in [-0.25, -0.2) is 18.4 Å². The summed E-state index contributed by atoms with van der Waals surface area (Å²) in [5.74, 6) is -2.24. The molecule has 0 unspecified atom stereocenters. The number of carboxylic acid groups (broad SMARTS) is 1. The first kappa shape index (κ1) is 55.2. The minimum absolute atomic E-state index is 0.0318. The summed E-state index contributed by atoms with van der Waals surface area (Å²) in [5.41, 5.74) is 15.0. The van der Waals surface area contributed by atoms with E-state index >= 15 is 0 Å². The van der Waals surface area contributed by atoms with Gasteiger partial charge in [-0.15, -0.1) is 0 Å². The maximum atomic E-state index is 13.6. The van der Waals surface area contributed by atoms with Crippen molar-refractivity contribution < 1.29 is 51.4 Å². The average molecular weight is 1060 g/mol. The lowest BCUT2D eigenvalue weighted by Crippen LogP contribution is -2.30. The fourth-order valence-electron chi connectivity index (χ4n) is 8.71. The molecular formula is C64H56F2N4O9. The zero-order valence-corrected chi connectivity index (χ0v) is 43.7. The molecule has 2 aromatic heterocycles. The second kappa shape index (κ2) is 25.7. The first-order valence-electron chi connectivity index (χ1n) is 25.2. The van der Waals surface area contributed by atoms with Crippen molar-refractivity contribution >= 4 is 68.5 Å². The van der Waals surface area contributed by atoms with Crippen molar-refractivity contribution in [3.8, 4) is 44.9 Å². The van der Waals surface area contributed by atoms with Crippen LogP contribution in [0.4, 0.5) is 31.5 Å². The normalized spacial score (nSPS) is 10.7. The Kier molecular flexibility index (Phi) is 17.9. The minimum atomic E-state index is -0.818. The number of furan rings is 2. The molecule has 0 radical (unpaired) electrons. The largest absolute Gasteiger partial charge is 0.480 e. The molecule has 13 nitrogen and oxygen atoms in total. The third kappa shape index (κ3) is 13.5. The fraction of sp³-hybridized carbons (Fsp3) is 0.125. The van der Waals surface area contributed by atoms with E-state index in [0.29, 0.717) is 55.8 Å². The maximum Gasteiger partial charge on any atom is 0.342 e. The molecule has 15 heteroatoms. The Bertz CT molecular complexity index is 3700. The number of benzene rings is 8. The predicted molar refractivity (Wildman–Crippen MR) is 306 cm³/mol. The number of carboxylic acids is 1. The Morgan fingerprint density at radius 3 is 1.34 bits per heavy atom. The smallest absolute Gasteiger partial charge is 0.342 e. The van der Waals surface area contributed by atoms with Crippen LogP contribution in [0.1, 0.15) is 34.6 Å². The summed E-state index contributed by atoms with van der Waals surface area (Å²) in [6, 6.07) is 56.9. The number of hydrogen-bond acceptors (Lipinski definition) is 11. The number of carbonyl (C=O) groups excluding carboxylic acids is 3. The molecular weight excluding hydrogens is 1010 g/mol. The zero-order chi connectivity index (χ0) is 56.0. The lowest BCUT2D eigenvalue weighted by atomic mass is 9.98. The molecule has 0 atom stereocenters. The van der Waals surface area contributed by atoms with Crippen molar-refractivity contribution in [2.75, 3.05) is 61.2 Å². The summed E-state index contributed by atoms with van der Waals surface area (Å²) in [6.07, 6.45) is 0. The number of ether oxygens (including phenoxy) is 2. The number of nitrogen functional groups attached to an aromatic ring is 1. The van der Waals surface area contributed by atoms with Gasteiger partial charge in [-0.05, 0) is 110 Å². The number of fused-ring (bicyclic) bond motifs is 2. The molecule has 0 bridgehead atoms. The van der Waals surface area contributed by atoms with Crippen molar-refractivity contribution in [1.82, 2.24) is 0 Å². The number of nitrogens with two attached hydrogens (primary N) is 1. The molecule has 0 saturated carbocycles. The molecule has 10 rings (SSSR count). The van der Waals surface area contributed by atoms with Crippen LogP contribution in [0.2, 0.25) is 0 Å². The Morgan fingerprint density at radius 1 is 0.519 bits per heavy atom. The molecule has 400 valence electrons. The summed E-state index contributed by atoms with van der Waals surface area (Å²) < 4.78 is 49.7. The van der Waals surface area contributed by atoms with E-state index in [4.69, 9.17) is 29.1 Å². The van der Waals surface area contributed by atoms with Crippen LogP contribution in [0.25, 0.3) is 66.8 Å². The van der Waals surface area contributed by atoms with E-state index in [2.05, 4.69) is 5.32 Å². The van der Waals surface area contributed by atoms with Crippen molar-refractivity contribution in [2.45, 2.75) is 13.8 Å². The SMILES string of the molecule is CCOC(=O)c1c(-c2ccc(F)cc2)oc2cc(N)c(-c3ccccc3)cc12.CCOC(=O)c1c(-c2ccc(F)cc2)oc2cc(NC(=O)CN(C)c3ccccc3)c(-c3ccccc3)cc12.CN(CC(=O)O)c1ccccc1. The highest BCUT2D eigenvalue weighted by Crippen LogP contribution is 2.41. The highest BCUT2D eigenvalue weighted by atomic mass is 19.1. The van der Waals surface area contributed by atoms with Crippen LogP contribution in [-0.4, -0.2) is 69.3 Å². The molecule has 0 fully saturated rings. The number of hydrogen-bond donors (Lipinski definition) is 3. The molecule has 10 aromatic rings. The van der Waals surface area contributed by atoms with Gasteiger partial charge in [0.1, 0.15) is 52.0 Å². The quantitative estimate of drug-likeness (QED) is 0.0655. The van der Waals surface area contributed by atoms with Crippen LogP contribution in [0.3, 0.4) is 0 Å². The van der Waals surface area contributed by atoms with Gasteiger partial charge in [-0.3, -0.25) is 9.59 Å². The summed E-state index contributed by atoms with van der Waals surface area (Å²) in [4.78, 5) is 52.9. The Morgan fingerprint density at radius 2 is 0.911 bits per heavy atom. The van der Waals surface area contributed by atoms with Crippen LogP contribution in [0, 0.1) is 11.6 Å². The predicted octanol–water partition coefficient (Wildman–Crippen LogP) is 14.0. The van der Waals surface area contributed by atoms with Crippen molar-refractivity contribution in [1.29, 1.82) is 0 Å². The van der Waals surface area contributed by atoms with Gasteiger partial charge in [0.25, 0.3) is 0 Å². The summed E-state index contributed by atoms with van der Waals surface area (Å²) in [6.45, 7) is 4.05. The van der Waals surface area contributed by atoms with E-state index in [0.717, 1.165) is 33.6 Å². The van der Waals surface area contributed by atoms with E-state index in [1.54, 1.807) is 62.2 Å². The number of amides is 1. The van der Waals surface area contributed by atoms with Crippen molar-refractivity contribution in [3.63, 3.8) is 0 Å². The van der Waals surface area contributed by atoms with Gasteiger partial charge in [0.2, 0.25) is 5.91 Å². The van der Waals surface area contributed by atoms with Gasteiger partial charge in [-0.2, -0.15) is 0 Å². The number of esters is 2. The molecule has 0 spiro atoms. The summed E-state index contributed by atoms with van der Waals surface area (Å²) in [7, 11) is 3.60. The molecule has 0 aliphatic carbocycles. The maximum absolute atomic E-state index is 13.6. The second-order valence-electron chi connectivity index (χ2n) is 18.0. The highest BCUT2D eigenvalue weighted by molar-refractivity contribution is 6.13. The standard InChI is InChI=1S/C32H27FN2O4.C23H18FNO3.C9H11NO2/c1-3-38-32(37)30-26-18-25(21-10-6-4-7-11-21)27(34-29(36)20-35(2)24-12-8-5-9-13-24)19-28(26)39-31(30)22-14-16-23(33)17-15-22;1-2-27-23(26)21-18-12-17(14-6-4-3-5-7-14)19(25)13-20(18)28-22(21)15-8-10-16(24)11-9-15;1-10(7-9(11)12)8-5-3-2-4-6-8/h4-19H,3,20H2,1-2H3,(H,34,36);3-13H,2,25H2,1H3;2-6H,7H2,1H3,(H,11,12).